The van der Waals surface area contributed by atoms with Gasteiger partial charge in [-0.05, 0) is 18.8 Å². The molecule has 5 heteroatoms. The molecule has 0 spiro atoms. The van der Waals surface area contributed by atoms with Gasteiger partial charge in [0.2, 0.25) is 0 Å². The number of ether oxygens (including phenoxy) is 3. The third-order valence-electron chi connectivity index (χ3n) is 5.51. The predicted octanol–water partition coefficient (Wildman–Crippen LogP) is 2.40. The van der Waals surface area contributed by atoms with Crippen molar-refractivity contribution in [3.8, 4) is 0 Å². The molecule has 0 radical (unpaired) electrons. The van der Waals surface area contributed by atoms with Crippen molar-refractivity contribution in [1.29, 1.82) is 0 Å². The number of carbonyl (C=O) groups is 1. The number of fused-ring (bicyclic) bond motifs is 1. The zero-order chi connectivity index (χ0) is 15.6. The highest BCUT2D eigenvalue weighted by Gasteiger charge is 2.50. The van der Waals surface area contributed by atoms with Gasteiger partial charge in [0.25, 0.3) is 0 Å². The van der Waals surface area contributed by atoms with Gasteiger partial charge in [0, 0.05) is 25.2 Å². The molecule has 0 amide bonds. The molecule has 0 bridgehead atoms. The fraction of sp³-hybridized carbons (Fsp3) is 0.941. The highest BCUT2D eigenvalue weighted by Crippen LogP contribution is 2.45. The van der Waals surface area contributed by atoms with E-state index in [1.165, 1.54) is 12.8 Å². The van der Waals surface area contributed by atoms with Crippen LogP contribution in [0.2, 0.25) is 0 Å². The zero-order valence-electron chi connectivity index (χ0n) is 13.5. The molecule has 3 fully saturated rings. The Kier molecular flexibility index (Phi) is 5.05. The number of rotatable bonds is 7. The van der Waals surface area contributed by atoms with Gasteiger partial charge in [-0.25, -0.2) is 0 Å². The summed E-state index contributed by atoms with van der Waals surface area (Å²) in [5.74, 6) is -0.266. The monoisotopic (exact) mass is 312 g/mol. The Hall–Kier alpha value is -0.650. The molecule has 2 saturated heterocycles. The molecule has 2 heterocycles. The molecule has 0 aromatic rings. The van der Waals surface area contributed by atoms with E-state index in [-0.39, 0.29) is 30.0 Å². The lowest BCUT2D eigenvalue weighted by Gasteiger charge is -2.30. The molecule has 4 atom stereocenters. The molecule has 0 aromatic carbocycles. The molecule has 3 aliphatic rings. The summed E-state index contributed by atoms with van der Waals surface area (Å²) in [6.45, 7) is 3.51. The van der Waals surface area contributed by atoms with Gasteiger partial charge in [-0.3, -0.25) is 4.79 Å². The Morgan fingerprint density at radius 2 is 2.00 bits per heavy atom. The molecule has 1 unspecified atom stereocenters. The van der Waals surface area contributed by atoms with Gasteiger partial charge < -0.3 is 19.3 Å². The van der Waals surface area contributed by atoms with Crippen LogP contribution in [0.3, 0.4) is 0 Å². The van der Waals surface area contributed by atoms with Crippen molar-refractivity contribution < 1.29 is 24.1 Å². The minimum Gasteiger partial charge on any atom is -0.462 e. The smallest absolute Gasteiger partial charge is 0.306 e. The number of aliphatic hydroxyl groups excluding tert-OH is 1. The molecule has 2 aliphatic heterocycles. The van der Waals surface area contributed by atoms with E-state index in [4.69, 9.17) is 14.2 Å². The van der Waals surface area contributed by atoms with Crippen molar-refractivity contribution in [2.24, 2.45) is 11.8 Å². The first-order chi connectivity index (χ1) is 10.6. The van der Waals surface area contributed by atoms with E-state index in [0.29, 0.717) is 26.1 Å². The number of esters is 1. The summed E-state index contributed by atoms with van der Waals surface area (Å²) in [7, 11) is 0. The van der Waals surface area contributed by atoms with Crippen LogP contribution in [-0.4, -0.2) is 42.3 Å². The maximum absolute atomic E-state index is 11.5. The fourth-order valence-corrected chi connectivity index (χ4v) is 4.32. The van der Waals surface area contributed by atoms with Crippen molar-refractivity contribution in [2.75, 3.05) is 13.2 Å². The molecule has 126 valence electrons. The molecule has 1 aliphatic carbocycles. The molecule has 1 saturated carbocycles. The lowest BCUT2D eigenvalue weighted by atomic mass is 9.86. The van der Waals surface area contributed by atoms with Crippen LogP contribution in [0.25, 0.3) is 0 Å². The quantitative estimate of drug-likeness (QED) is 0.577. The van der Waals surface area contributed by atoms with E-state index in [1.807, 2.05) is 0 Å². The van der Waals surface area contributed by atoms with Crippen LogP contribution in [0.1, 0.15) is 58.3 Å². The second-order valence-electron chi connectivity index (χ2n) is 6.97. The number of hydrogen-bond donors (Lipinski definition) is 1. The predicted molar refractivity (Wildman–Crippen MR) is 80.1 cm³/mol. The third kappa shape index (κ3) is 3.31. The van der Waals surface area contributed by atoms with Gasteiger partial charge in [0.15, 0.2) is 5.79 Å². The number of aliphatic hydroxyl groups is 1. The van der Waals surface area contributed by atoms with Crippen molar-refractivity contribution in [3.63, 3.8) is 0 Å². The first-order valence-corrected chi connectivity index (χ1v) is 8.79. The third-order valence-corrected chi connectivity index (χ3v) is 5.51. The maximum Gasteiger partial charge on any atom is 0.306 e. The first kappa shape index (κ1) is 16.2. The molecule has 0 aromatic heterocycles. The normalized spacial score (nSPS) is 36.5. The van der Waals surface area contributed by atoms with E-state index < -0.39 is 5.79 Å². The molecular formula is C17H28O5. The maximum atomic E-state index is 11.5. The standard InChI is InChI=1S/C17H28O5/c1-2-3-4-6-17(20-8-9-21-17)7-5-12-13-10-16(19)22-15(13)11-14(12)18/h12-15,18H,2-11H2,1H3/t12-,13-,14-,15?/m1/s1. The Morgan fingerprint density at radius 3 is 2.73 bits per heavy atom. The topological polar surface area (TPSA) is 65.0 Å². The molecule has 22 heavy (non-hydrogen) atoms. The van der Waals surface area contributed by atoms with E-state index >= 15 is 0 Å². The lowest BCUT2D eigenvalue weighted by molar-refractivity contribution is -0.171. The summed E-state index contributed by atoms with van der Waals surface area (Å²) in [5.41, 5.74) is 0. The second-order valence-corrected chi connectivity index (χ2v) is 6.97. The molecule has 3 rings (SSSR count). The van der Waals surface area contributed by atoms with Gasteiger partial charge >= 0.3 is 5.97 Å². The number of hydrogen-bond acceptors (Lipinski definition) is 5. The van der Waals surface area contributed by atoms with Gasteiger partial charge in [0.1, 0.15) is 6.10 Å². The van der Waals surface area contributed by atoms with Crippen molar-refractivity contribution >= 4 is 5.97 Å². The summed E-state index contributed by atoms with van der Waals surface area (Å²) < 4.78 is 17.1. The minimum atomic E-state index is -0.462. The summed E-state index contributed by atoms with van der Waals surface area (Å²) in [6, 6.07) is 0. The van der Waals surface area contributed by atoms with Crippen LogP contribution >= 0.6 is 0 Å². The highest BCUT2D eigenvalue weighted by molar-refractivity contribution is 5.72. The van der Waals surface area contributed by atoms with Crippen LogP contribution in [-0.2, 0) is 19.0 Å². The zero-order valence-corrected chi connectivity index (χ0v) is 13.5. The second kappa shape index (κ2) is 6.85. The Balaban J connectivity index is 1.56. The molecule has 5 nitrogen and oxygen atoms in total. The molecule has 1 N–H and O–H groups in total. The average molecular weight is 312 g/mol. The lowest BCUT2D eigenvalue weighted by Crippen LogP contribution is -2.32. The van der Waals surface area contributed by atoms with Gasteiger partial charge in [-0.15, -0.1) is 0 Å². The Labute approximate surface area is 132 Å². The van der Waals surface area contributed by atoms with Crippen LogP contribution < -0.4 is 0 Å². The van der Waals surface area contributed by atoms with Crippen molar-refractivity contribution in [2.45, 2.75) is 76.3 Å². The van der Waals surface area contributed by atoms with E-state index in [2.05, 4.69) is 6.92 Å². The van der Waals surface area contributed by atoms with E-state index in [9.17, 15) is 9.90 Å². The van der Waals surface area contributed by atoms with Crippen molar-refractivity contribution in [3.05, 3.63) is 0 Å². The van der Waals surface area contributed by atoms with E-state index in [1.54, 1.807) is 0 Å². The minimum absolute atomic E-state index is 0.0750. The van der Waals surface area contributed by atoms with Crippen LogP contribution in [0.4, 0.5) is 0 Å². The fourth-order valence-electron chi connectivity index (χ4n) is 4.32. The molecular weight excluding hydrogens is 284 g/mol. The summed E-state index contributed by atoms with van der Waals surface area (Å²) >= 11 is 0. The van der Waals surface area contributed by atoms with Gasteiger partial charge in [-0.1, -0.05) is 19.8 Å². The van der Waals surface area contributed by atoms with Gasteiger partial charge in [0.05, 0.1) is 25.7 Å². The summed E-state index contributed by atoms with van der Waals surface area (Å²) in [6.07, 6.45) is 6.65. The highest BCUT2D eigenvalue weighted by atomic mass is 16.7. The summed E-state index contributed by atoms with van der Waals surface area (Å²) in [5, 5.41) is 10.3. The van der Waals surface area contributed by atoms with Crippen LogP contribution in [0.15, 0.2) is 0 Å². The van der Waals surface area contributed by atoms with Crippen LogP contribution in [0, 0.1) is 11.8 Å². The Bertz CT molecular complexity index is 391. The summed E-state index contributed by atoms with van der Waals surface area (Å²) in [4.78, 5) is 11.5. The average Bonchev–Trinajstić information content (AvgIpc) is 3.13. The largest absolute Gasteiger partial charge is 0.462 e. The first-order valence-electron chi connectivity index (χ1n) is 8.79. The Morgan fingerprint density at radius 1 is 1.23 bits per heavy atom. The number of carbonyl (C=O) groups excluding carboxylic acids is 1. The van der Waals surface area contributed by atoms with Gasteiger partial charge in [-0.2, -0.15) is 0 Å². The SMILES string of the molecule is CCCCCC1(CC[C@H]2[C@H](O)CC3OC(=O)C[C@@H]32)OCCO1. The van der Waals surface area contributed by atoms with E-state index in [0.717, 1.165) is 25.7 Å². The van der Waals surface area contributed by atoms with Crippen LogP contribution in [0.5, 0.6) is 0 Å². The van der Waals surface area contributed by atoms with Crippen molar-refractivity contribution in [1.82, 2.24) is 0 Å². The number of unbranched alkanes of at least 4 members (excludes halogenated alkanes) is 2.